The first-order chi connectivity index (χ1) is 16.8. The second-order valence-corrected chi connectivity index (χ2v) is 9.50. The van der Waals surface area contributed by atoms with Crippen molar-refractivity contribution < 1.29 is 38.4 Å². The smallest absolute Gasteiger partial charge is 0.453 e. The average Bonchev–Trinajstić information content (AvgIpc) is 3.43. The van der Waals surface area contributed by atoms with E-state index in [9.17, 15) is 14.7 Å². The highest BCUT2D eigenvalue weighted by atomic mass is 32.2. The lowest BCUT2D eigenvalue weighted by molar-refractivity contribution is -0.198. The van der Waals surface area contributed by atoms with E-state index >= 15 is 0 Å². The largest absolute Gasteiger partial charge is 0.497 e. The maximum Gasteiger partial charge on any atom is 0.453 e. The van der Waals surface area contributed by atoms with Crippen molar-refractivity contribution >= 4 is 35.0 Å². The summed E-state index contributed by atoms with van der Waals surface area (Å²) in [7, 11) is 3.21. The Labute approximate surface area is 209 Å². The zero-order chi connectivity index (χ0) is 25.2. The first-order valence-corrected chi connectivity index (χ1v) is 12.3. The molecule has 0 saturated carbocycles. The Bertz CT molecular complexity index is 1250. The van der Waals surface area contributed by atoms with Gasteiger partial charge in [0.15, 0.2) is 11.5 Å². The molecule has 0 spiro atoms. The number of thioether (sulfide) groups is 1. The number of aromatic nitrogens is 1. The number of aliphatic carboxylic acids is 1. The van der Waals surface area contributed by atoms with Crippen molar-refractivity contribution in [2.45, 2.75) is 30.3 Å². The fourth-order valence-corrected chi connectivity index (χ4v) is 5.44. The molecular formula is C24H23NO8S2. The highest BCUT2D eigenvalue weighted by molar-refractivity contribution is 7.98. The highest BCUT2D eigenvalue weighted by Gasteiger charge is 2.58. The van der Waals surface area contributed by atoms with Crippen molar-refractivity contribution in [3.63, 3.8) is 0 Å². The van der Waals surface area contributed by atoms with Gasteiger partial charge in [0.05, 0.1) is 26.5 Å². The summed E-state index contributed by atoms with van der Waals surface area (Å²) >= 11 is 3.10. The van der Waals surface area contributed by atoms with Crippen molar-refractivity contribution in [2.24, 2.45) is 0 Å². The van der Waals surface area contributed by atoms with Crippen LogP contribution in [0, 0.1) is 6.92 Å². The van der Waals surface area contributed by atoms with Gasteiger partial charge in [-0.1, -0.05) is 0 Å². The number of carbonyl (C=O) groups is 2. The molecule has 0 radical (unpaired) electrons. The molecule has 2 aromatic carbocycles. The van der Waals surface area contributed by atoms with Crippen LogP contribution < -0.4 is 18.9 Å². The van der Waals surface area contributed by atoms with Gasteiger partial charge in [0.2, 0.25) is 0 Å². The number of nitrogens with zero attached hydrogens (tertiary/aromatic N) is 1. The summed E-state index contributed by atoms with van der Waals surface area (Å²) in [5.41, 5.74) is 1.81. The quantitative estimate of drug-likeness (QED) is 0.246. The molecule has 9 nitrogen and oxygen atoms in total. The van der Waals surface area contributed by atoms with Crippen molar-refractivity contribution in [2.75, 3.05) is 20.8 Å². The number of carboxylic acids is 1. The summed E-state index contributed by atoms with van der Waals surface area (Å²) < 4.78 is 26.4. The third-order valence-corrected chi connectivity index (χ3v) is 7.52. The zero-order valence-corrected chi connectivity index (χ0v) is 21.1. The summed E-state index contributed by atoms with van der Waals surface area (Å²) in [4.78, 5) is 30.6. The number of ether oxygens (including phenoxy) is 5. The molecule has 1 aliphatic heterocycles. The van der Waals surface area contributed by atoms with Crippen LogP contribution in [0.2, 0.25) is 0 Å². The minimum atomic E-state index is -2.54. The Balaban J connectivity index is 1.51. The fraction of sp³-hybridized carbons (Fsp3) is 0.292. The molecule has 0 saturated heterocycles. The van der Waals surface area contributed by atoms with Crippen molar-refractivity contribution in [3.8, 4) is 33.6 Å². The normalized spacial score (nSPS) is 16.1. The standard InChI is InChI=1S/C24H23NO8S2/c1-5-31-23(28)24(22(26)27)32-18-7-6-17(11-19(18)33-24)34-12-20-13(2)25-21(35-20)14-8-15(29-3)10-16(9-14)30-4/h6-11H,5,12H2,1-4H3,(H,26,27). The van der Waals surface area contributed by atoms with Gasteiger partial charge in [0.25, 0.3) is 0 Å². The van der Waals surface area contributed by atoms with Crippen LogP contribution in [0.3, 0.4) is 0 Å². The van der Waals surface area contributed by atoms with Gasteiger partial charge in [-0.25, -0.2) is 14.6 Å². The van der Waals surface area contributed by atoms with E-state index < -0.39 is 17.7 Å². The van der Waals surface area contributed by atoms with E-state index in [0.29, 0.717) is 17.3 Å². The Kier molecular flexibility index (Phi) is 7.08. The van der Waals surface area contributed by atoms with Crippen LogP contribution in [0.1, 0.15) is 17.5 Å². The lowest BCUT2D eigenvalue weighted by atomic mass is 10.2. The molecule has 0 amide bonds. The van der Waals surface area contributed by atoms with E-state index in [-0.39, 0.29) is 18.1 Å². The molecule has 1 aromatic heterocycles. The number of carbonyl (C=O) groups excluding carboxylic acids is 1. The van der Waals surface area contributed by atoms with Gasteiger partial charge in [0, 0.05) is 27.2 Å². The second kappa shape index (κ2) is 10.0. The lowest BCUT2D eigenvalue weighted by Gasteiger charge is -2.19. The number of methoxy groups -OCH3 is 2. The number of benzene rings is 2. The summed E-state index contributed by atoms with van der Waals surface area (Å²) in [5.74, 6) is -2.91. The molecule has 1 N–H and O–H groups in total. The molecular weight excluding hydrogens is 494 g/mol. The molecule has 1 aliphatic rings. The van der Waals surface area contributed by atoms with Gasteiger partial charge in [-0.3, -0.25) is 0 Å². The van der Waals surface area contributed by atoms with Crippen molar-refractivity contribution in [3.05, 3.63) is 47.0 Å². The predicted octanol–water partition coefficient (Wildman–Crippen LogP) is 4.54. The van der Waals surface area contributed by atoms with Gasteiger partial charge >= 0.3 is 17.7 Å². The maximum atomic E-state index is 12.2. The Morgan fingerprint density at radius 3 is 2.40 bits per heavy atom. The fourth-order valence-electron chi connectivity index (χ4n) is 3.32. The van der Waals surface area contributed by atoms with Crippen LogP contribution in [0.4, 0.5) is 0 Å². The summed E-state index contributed by atoms with van der Waals surface area (Å²) in [6.45, 7) is 3.52. The van der Waals surface area contributed by atoms with E-state index in [1.165, 1.54) is 11.8 Å². The summed E-state index contributed by atoms with van der Waals surface area (Å²) in [5, 5.41) is 10.4. The van der Waals surface area contributed by atoms with Gasteiger partial charge in [-0.15, -0.1) is 23.1 Å². The number of rotatable bonds is 9. The number of aryl methyl sites for hydroxylation is 1. The third kappa shape index (κ3) is 4.87. The SMILES string of the molecule is CCOC(=O)C1(C(=O)O)Oc2ccc(SCc3sc(-c4cc(OC)cc(OC)c4)nc3C)cc2O1. The van der Waals surface area contributed by atoms with E-state index in [4.69, 9.17) is 28.7 Å². The minimum Gasteiger partial charge on any atom is -0.497 e. The van der Waals surface area contributed by atoms with E-state index in [2.05, 4.69) is 0 Å². The number of fused-ring (bicyclic) bond motifs is 1. The Morgan fingerprint density at radius 1 is 1.09 bits per heavy atom. The summed E-state index contributed by atoms with van der Waals surface area (Å²) in [6, 6.07) is 10.6. The third-order valence-electron chi connectivity index (χ3n) is 5.11. The van der Waals surface area contributed by atoms with Crippen molar-refractivity contribution in [1.29, 1.82) is 0 Å². The molecule has 0 bridgehead atoms. The lowest BCUT2D eigenvalue weighted by Crippen LogP contribution is -2.55. The monoisotopic (exact) mass is 517 g/mol. The molecule has 3 aromatic rings. The molecule has 4 rings (SSSR count). The topological polar surface area (TPSA) is 113 Å². The number of thiazole rings is 1. The van der Waals surface area contributed by atoms with Gasteiger partial charge in [-0.05, 0) is 44.2 Å². The predicted molar refractivity (Wildman–Crippen MR) is 130 cm³/mol. The first kappa shape index (κ1) is 24.7. The number of carboxylic acid groups (broad SMARTS) is 1. The van der Waals surface area contributed by atoms with Crippen LogP contribution in [0.5, 0.6) is 23.0 Å². The molecule has 2 heterocycles. The molecule has 0 fully saturated rings. The van der Waals surface area contributed by atoms with E-state index in [1.807, 2.05) is 19.1 Å². The van der Waals surface area contributed by atoms with Gasteiger partial charge in [0.1, 0.15) is 16.5 Å². The first-order valence-electron chi connectivity index (χ1n) is 10.5. The van der Waals surface area contributed by atoms with Crippen LogP contribution in [0.15, 0.2) is 41.3 Å². The number of hydrogen-bond donors (Lipinski definition) is 1. The minimum absolute atomic E-state index is 0.00321. The molecule has 35 heavy (non-hydrogen) atoms. The molecule has 1 unspecified atom stereocenters. The molecule has 0 aliphatic carbocycles. The van der Waals surface area contributed by atoms with Crippen molar-refractivity contribution in [1.82, 2.24) is 4.98 Å². The number of esters is 1. The average molecular weight is 518 g/mol. The molecule has 11 heteroatoms. The van der Waals surface area contributed by atoms with E-state index in [1.54, 1.807) is 56.7 Å². The Hall–Kier alpha value is -3.44. The van der Waals surface area contributed by atoms with Gasteiger partial charge < -0.3 is 28.8 Å². The highest BCUT2D eigenvalue weighted by Crippen LogP contribution is 2.43. The Morgan fingerprint density at radius 2 is 1.77 bits per heavy atom. The van der Waals surface area contributed by atoms with Gasteiger partial charge in [-0.2, -0.15) is 0 Å². The molecule has 184 valence electrons. The van der Waals surface area contributed by atoms with Crippen LogP contribution in [0.25, 0.3) is 10.6 Å². The second-order valence-electron chi connectivity index (χ2n) is 7.37. The maximum absolute atomic E-state index is 12.2. The summed E-state index contributed by atoms with van der Waals surface area (Å²) in [6.07, 6.45) is 0. The zero-order valence-electron chi connectivity index (χ0n) is 19.4. The van der Waals surface area contributed by atoms with Crippen LogP contribution in [-0.4, -0.2) is 48.6 Å². The number of hydrogen-bond acceptors (Lipinski definition) is 10. The van der Waals surface area contributed by atoms with Crippen LogP contribution >= 0.6 is 23.1 Å². The van der Waals surface area contributed by atoms with E-state index in [0.717, 1.165) is 26.0 Å². The molecule has 1 atom stereocenters. The van der Waals surface area contributed by atoms with Crippen LogP contribution in [-0.2, 0) is 20.1 Å².